The molecule has 1 aliphatic rings. The zero-order valence-corrected chi connectivity index (χ0v) is 20.8. The molecular weight excluding hydrogens is 466 g/mol. The lowest BCUT2D eigenvalue weighted by atomic mass is 10.1. The topological polar surface area (TPSA) is 77.6 Å². The number of aromatic nitrogens is 1. The fraction of sp³-hybridized carbons (Fsp3) is 0.280. The number of pyridine rings is 1. The van der Waals surface area contributed by atoms with E-state index >= 15 is 0 Å². The van der Waals surface area contributed by atoms with E-state index in [0.717, 1.165) is 17.8 Å². The number of benzene rings is 2. The second-order valence-corrected chi connectivity index (χ2v) is 10.7. The Morgan fingerprint density at radius 3 is 2.32 bits per heavy atom. The van der Waals surface area contributed by atoms with Crippen molar-refractivity contribution < 1.29 is 8.42 Å². The lowest BCUT2D eigenvalue weighted by Crippen LogP contribution is -2.48. The van der Waals surface area contributed by atoms with Crippen LogP contribution in [0.3, 0.4) is 0 Å². The van der Waals surface area contributed by atoms with Gasteiger partial charge in [0, 0.05) is 57.3 Å². The van der Waals surface area contributed by atoms with Gasteiger partial charge in [0.15, 0.2) is 5.11 Å². The van der Waals surface area contributed by atoms with Crippen LogP contribution in [0.2, 0.25) is 0 Å². The van der Waals surface area contributed by atoms with Crippen molar-refractivity contribution in [2.75, 3.05) is 31.5 Å². The second-order valence-electron chi connectivity index (χ2n) is 8.36. The van der Waals surface area contributed by atoms with Gasteiger partial charge in [-0.25, -0.2) is 8.42 Å². The van der Waals surface area contributed by atoms with Crippen LogP contribution in [-0.4, -0.2) is 53.9 Å². The van der Waals surface area contributed by atoms with Gasteiger partial charge < -0.3 is 10.6 Å². The minimum Gasteiger partial charge on any atom is -0.358 e. The van der Waals surface area contributed by atoms with E-state index in [1.165, 1.54) is 11.1 Å². The highest BCUT2D eigenvalue weighted by Gasteiger charge is 2.28. The molecule has 7 nitrogen and oxygen atoms in total. The van der Waals surface area contributed by atoms with E-state index in [-0.39, 0.29) is 0 Å². The molecule has 0 radical (unpaired) electrons. The predicted molar refractivity (Wildman–Crippen MR) is 139 cm³/mol. The first-order valence-electron chi connectivity index (χ1n) is 11.2. The first kappa shape index (κ1) is 24.3. The Morgan fingerprint density at radius 2 is 1.68 bits per heavy atom. The largest absolute Gasteiger partial charge is 0.358 e. The second kappa shape index (κ2) is 11.1. The number of hydrogen-bond acceptors (Lipinski definition) is 5. The highest BCUT2D eigenvalue weighted by atomic mass is 32.2. The third-order valence-corrected chi connectivity index (χ3v) is 7.94. The standard InChI is InChI=1S/C25H29N5O2S2/c1-20-4-6-21(7-5-20)19-29-13-15-30(16-14-29)34(31,32)24-10-8-23(9-11-24)28-25(33)27-18-22-3-2-12-26-17-22/h2-12,17H,13-16,18-19H2,1H3,(H2,27,28,33). The number of thiocarbonyl (C=S) groups is 1. The van der Waals surface area contributed by atoms with Gasteiger partial charge in [-0.3, -0.25) is 9.88 Å². The summed E-state index contributed by atoms with van der Waals surface area (Å²) in [6.45, 7) is 5.86. The minimum absolute atomic E-state index is 0.291. The van der Waals surface area contributed by atoms with Crippen molar-refractivity contribution in [3.63, 3.8) is 0 Å². The first-order chi connectivity index (χ1) is 16.4. The van der Waals surface area contributed by atoms with Crippen LogP contribution in [0.1, 0.15) is 16.7 Å². The maximum Gasteiger partial charge on any atom is 0.243 e. The summed E-state index contributed by atoms with van der Waals surface area (Å²) in [4.78, 5) is 6.66. The molecule has 178 valence electrons. The first-order valence-corrected chi connectivity index (χ1v) is 13.1. The minimum atomic E-state index is -3.53. The number of aryl methyl sites for hydroxylation is 1. The molecule has 34 heavy (non-hydrogen) atoms. The molecule has 0 atom stereocenters. The molecule has 1 aliphatic heterocycles. The Kier molecular flexibility index (Phi) is 7.89. The highest BCUT2D eigenvalue weighted by Crippen LogP contribution is 2.20. The zero-order chi connectivity index (χ0) is 24.0. The Balaban J connectivity index is 1.28. The van der Waals surface area contributed by atoms with Crippen molar-refractivity contribution in [1.29, 1.82) is 0 Å². The maximum absolute atomic E-state index is 13.1. The van der Waals surface area contributed by atoms with Gasteiger partial charge in [-0.2, -0.15) is 4.31 Å². The summed E-state index contributed by atoms with van der Waals surface area (Å²) in [5.41, 5.74) is 4.24. The summed E-state index contributed by atoms with van der Waals surface area (Å²) in [5, 5.41) is 6.67. The molecule has 1 fully saturated rings. The van der Waals surface area contributed by atoms with Crippen molar-refractivity contribution in [2.45, 2.75) is 24.9 Å². The molecule has 9 heteroatoms. The monoisotopic (exact) mass is 495 g/mol. The molecule has 4 rings (SSSR count). The average molecular weight is 496 g/mol. The van der Waals surface area contributed by atoms with E-state index in [1.54, 1.807) is 41.0 Å². The molecule has 0 unspecified atom stereocenters. The predicted octanol–water partition coefficient (Wildman–Crippen LogP) is 3.38. The quantitative estimate of drug-likeness (QED) is 0.487. The lowest BCUT2D eigenvalue weighted by Gasteiger charge is -2.34. The van der Waals surface area contributed by atoms with Crippen LogP contribution in [-0.2, 0) is 23.1 Å². The van der Waals surface area contributed by atoms with Crippen LogP contribution < -0.4 is 10.6 Å². The molecule has 2 aromatic carbocycles. The summed E-state index contributed by atoms with van der Waals surface area (Å²) in [5.74, 6) is 0. The van der Waals surface area contributed by atoms with E-state index in [9.17, 15) is 8.42 Å². The fourth-order valence-electron chi connectivity index (χ4n) is 3.80. The Hall–Kier alpha value is -2.85. The van der Waals surface area contributed by atoms with Gasteiger partial charge in [0.25, 0.3) is 0 Å². The van der Waals surface area contributed by atoms with Crippen LogP contribution in [0.4, 0.5) is 5.69 Å². The molecular formula is C25H29N5O2S2. The Morgan fingerprint density at radius 1 is 0.971 bits per heavy atom. The summed E-state index contributed by atoms with van der Waals surface area (Å²) in [6, 6.07) is 19.0. The zero-order valence-electron chi connectivity index (χ0n) is 19.1. The van der Waals surface area contributed by atoms with Crippen molar-refractivity contribution in [3.8, 4) is 0 Å². The molecule has 2 N–H and O–H groups in total. The number of rotatable bonds is 7. The number of nitrogens with one attached hydrogen (secondary N) is 2. The Labute approximate surface area is 206 Å². The van der Waals surface area contributed by atoms with Crippen LogP contribution in [0.15, 0.2) is 78.0 Å². The van der Waals surface area contributed by atoms with Crippen LogP contribution in [0, 0.1) is 6.92 Å². The van der Waals surface area contributed by atoms with E-state index in [2.05, 4.69) is 51.7 Å². The molecule has 0 aliphatic carbocycles. The normalized spacial score (nSPS) is 15.1. The molecule has 2 heterocycles. The molecule has 1 saturated heterocycles. The van der Waals surface area contributed by atoms with Gasteiger partial charge >= 0.3 is 0 Å². The molecule has 0 spiro atoms. The van der Waals surface area contributed by atoms with E-state index < -0.39 is 10.0 Å². The molecule has 0 saturated carbocycles. The van der Waals surface area contributed by atoms with Gasteiger partial charge in [0.1, 0.15) is 0 Å². The maximum atomic E-state index is 13.1. The summed E-state index contributed by atoms with van der Waals surface area (Å²) >= 11 is 5.33. The molecule has 0 amide bonds. The number of nitrogens with zero attached hydrogens (tertiary/aromatic N) is 3. The van der Waals surface area contributed by atoms with Crippen LogP contribution in [0.25, 0.3) is 0 Å². The van der Waals surface area contributed by atoms with Crippen molar-refractivity contribution in [3.05, 3.63) is 89.7 Å². The van der Waals surface area contributed by atoms with Gasteiger partial charge in [0.2, 0.25) is 10.0 Å². The van der Waals surface area contributed by atoms with E-state index in [4.69, 9.17) is 12.2 Å². The van der Waals surface area contributed by atoms with Crippen molar-refractivity contribution in [1.82, 2.24) is 19.5 Å². The number of anilines is 1. The van der Waals surface area contributed by atoms with Crippen molar-refractivity contribution in [2.24, 2.45) is 0 Å². The van der Waals surface area contributed by atoms with Gasteiger partial charge in [-0.1, -0.05) is 35.9 Å². The van der Waals surface area contributed by atoms with Gasteiger partial charge in [0.05, 0.1) is 4.90 Å². The van der Waals surface area contributed by atoms with Gasteiger partial charge in [-0.05, 0) is 60.6 Å². The average Bonchev–Trinajstić information content (AvgIpc) is 2.85. The number of piperazine rings is 1. The van der Waals surface area contributed by atoms with E-state index in [1.807, 2.05) is 12.1 Å². The highest BCUT2D eigenvalue weighted by molar-refractivity contribution is 7.89. The SMILES string of the molecule is Cc1ccc(CN2CCN(S(=O)(=O)c3ccc(NC(=S)NCc4cccnc4)cc3)CC2)cc1. The molecule has 1 aromatic heterocycles. The Bertz CT molecular complexity index is 1190. The third kappa shape index (κ3) is 6.38. The summed E-state index contributed by atoms with van der Waals surface area (Å²) in [6.07, 6.45) is 3.50. The van der Waals surface area contributed by atoms with Crippen LogP contribution >= 0.6 is 12.2 Å². The molecule has 3 aromatic rings. The summed E-state index contributed by atoms with van der Waals surface area (Å²) < 4.78 is 27.8. The van der Waals surface area contributed by atoms with E-state index in [0.29, 0.717) is 42.7 Å². The van der Waals surface area contributed by atoms with Crippen LogP contribution in [0.5, 0.6) is 0 Å². The van der Waals surface area contributed by atoms with Gasteiger partial charge in [-0.15, -0.1) is 0 Å². The third-order valence-electron chi connectivity index (χ3n) is 5.78. The lowest BCUT2D eigenvalue weighted by molar-refractivity contribution is 0.181. The summed E-state index contributed by atoms with van der Waals surface area (Å²) in [7, 11) is -3.53. The molecule has 0 bridgehead atoms. The number of hydrogen-bond donors (Lipinski definition) is 2. The van der Waals surface area contributed by atoms with Crippen molar-refractivity contribution >= 4 is 33.0 Å². The number of sulfonamides is 1. The smallest absolute Gasteiger partial charge is 0.243 e. The fourth-order valence-corrected chi connectivity index (χ4v) is 5.41.